The Labute approximate surface area is 555 Å². The fraction of sp³-hybridized carbons (Fsp3) is 0.860. The van der Waals surface area contributed by atoms with Gasteiger partial charge in [-0.15, -0.1) is 0 Å². The zero-order valence-electron chi connectivity index (χ0n) is 54.2. The van der Waals surface area contributed by atoms with Crippen molar-refractivity contribution >= 4 is 66.1 Å². The summed E-state index contributed by atoms with van der Waals surface area (Å²) in [5, 5.41) is 112. The molecule has 4 aliphatic rings. The zero-order valence-corrected chi connectivity index (χ0v) is 56.0. The molecule has 3 aliphatic heterocycles. The Balaban J connectivity index is 1.37. The van der Waals surface area contributed by atoms with Crippen molar-refractivity contribution in [3.63, 3.8) is 0 Å². The normalized spacial score (nSPS) is 29.8. The molecule has 17 atom stereocenters. The number of aliphatic hydroxyl groups is 9. The average Bonchev–Trinajstić information content (AvgIpc) is 0.806. The molecule has 0 spiro atoms. The van der Waals surface area contributed by atoms with Crippen molar-refractivity contribution in [2.24, 2.45) is 5.92 Å². The maximum Gasteiger partial charge on any atom is 0.257 e. The SMILES string of the molecule is CC(=O)NC1C(OCCOCCNC(=O)CCC(NC(=O)CCC(NC(=O)[C@H]2CC[C@@H](OP(=O)(S)C(C)C)CC2)C(=O)NCCOCCOC2OC(CO)CC(O)(CO)C2NC(C)=O)C(=O)NCCOCCOC2OC(CO)C(O)C(O)C2NC(C)=O)OC(CO)C(O)C1O. The Hall–Kier alpha value is -4.42. The number of rotatable bonds is 42. The predicted octanol–water partition coefficient (Wildman–Crippen LogP) is -6.71. The molecular weight excluding hydrogens is 1310 g/mol. The lowest BCUT2D eigenvalue weighted by atomic mass is 9.85. The van der Waals surface area contributed by atoms with Gasteiger partial charge < -0.3 is 136 Å². The van der Waals surface area contributed by atoms with Gasteiger partial charge in [0.2, 0.25) is 47.3 Å². The first-order valence-electron chi connectivity index (χ1n) is 31.7. The highest BCUT2D eigenvalue weighted by Crippen LogP contribution is 2.58. The number of amides is 8. The second-order valence-corrected chi connectivity index (χ2v) is 27.7. The maximum atomic E-state index is 13.9. The molecule has 0 aromatic carbocycles. The largest absolute Gasteiger partial charge is 0.394 e. The van der Waals surface area contributed by atoms with E-state index in [-0.39, 0.29) is 110 Å². The van der Waals surface area contributed by atoms with Crippen LogP contribution in [-0.4, -0.2) is 308 Å². The first kappa shape index (κ1) is 83.0. The molecule has 1 saturated carbocycles. The summed E-state index contributed by atoms with van der Waals surface area (Å²) in [4.78, 5) is 104. The summed E-state index contributed by atoms with van der Waals surface area (Å²) in [6, 6.07) is -6.23. The highest BCUT2D eigenvalue weighted by atomic mass is 32.7. The van der Waals surface area contributed by atoms with Crippen molar-refractivity contribution in [1.82, 2.24) is 42.5 Å². The molecule has 0 radical (unpaired) electrons. The molecule has 95 heavy (non-hydrogen) atoms. The Morgan fingerprint density at radius 1 is 0.558 bits per heavy atom. The van der Waals surface area contributed by atoms with E-state index >= 15 is 0 Å². The van der Waals surface area contributed by atoms with E-state index in [1.165, 1.54) is 20.8 Å². The second kappa shape index (κ2) is 42.5. The Morgan fingerprint density at radius 2 is 1.00 bits per heavy atom. The van der Waals surface area contributed by atoms with Gasteiger partial charge in [0.05, 0.1) is 98.1 Å². The topological polar surface area (TPSA) is 524 Å². The van der Waals surface area contributed by atoms with Crippen LogP contribution in [0.4, 0.5) is 0 Å². The summed E-state index contributed by atoms with van der Waals surface area (Å²) in [7, 11) is 0. The van der Waals surface area contributed by atoms with Crippen LogP contribution >= 0.6 is 18.8 Å². The molecule has 0 aromatic rings. The van der Waals surface area contributed by atoms with E-state index in [9.17, 15) is 88.9 Å². The van der Waals surface area contributed by atoms with Gasteiger partial charge in [0.15, 0.2) is 18.9 Å². The van der Waals surface area contributed by atoms with Gasteiger partial charge in [-0.1, -0.05) is 26.1 Å². The monoisotopic (exact) mass is 1410 g/mol. The van der Waals surface area contributed by atoms with Crippen LogP contribution in [0.5, 0.6) is 0 Å². The molecule has 36 nitrogen and oxygen atoms in total. The van der Waals surface area contributed by atoms with E-state index in [0.717, 1.165) is 0 Å². The summed E-state index contributed by atoms with van der Waals surface area (Å²) >= 11 is 4.24. The Kier molecular flexibility index (Phi) is 37.1. The van der Waals surface area contributed by atoms with Crippen LogP contribution in [-0.2, 0) is 90.1 Å². The van der Waals surface area contributed by atoms with E-state index < -0.39 is 196 Å². The molecule has 17 unspecified atom stereocenters. The van der Waals surface area contributed by atoms with Crippen LogP contribution in [0.1, 0.15) is 92.4 Å². The van der Waals surface area contributed by atoms with Crippen molar-refractivity contribution in [2.75, 3.05) is 106 Å². The van der Waals surface area contributed by atoms with Crippen LogP contribution in [0.25, 0.3) is 0 Å². The lowest BCUT2D eigenvalue weighted by Gasteiger charge is -2.46. The molecule has 4 rings (SSSR count). The van der Waals surface area contributed by atoms with Gasteiger partial charge >= 0.3 is 0 Å². The fourth-order valence-corrected chi connectivity index (χ4v) is 11.9. The molecule has 548 valence electrons. The minimum absolute atomic E-state index is 0.0248. The summed E-state index contributed by atoms with van der Waals surface area (Å²) in [6.45, 7) is -0.0393. The molecule has 0 aromatic heterocycles. The van der Waals surface area contributed by atoms with Crippen molar-refractivity contribution in [3.05, 3.63) is 0 Å². The number of carbonyl (C=O) groups excluding carboxylic acids is 8. The first-order valence-corrected chi connectivity index (χ1v) is 34.6. The summed E-state index contributed by atoms with van der Waals surface area (Å²) in [6.07, 6.45) is -13.8. The molecule has 1 aliphatic carbocycles. The Morgan fingerprint density at radius 3 is 1.43 bits per heavy atom. The summed E-state index contributed by atoms with van der Waals surface area (Å²) < 4.78 is 69.3. The number of aliphatic hydroxyl groups excluding tert-OH is 8. The minimum Gasteiger partial charge on any atom is -0.394 e. The molecule has 3 heterocycles. The molecular formula is C57H101N8O28PS. The number of nitrogens with one attached hydrogen (secondary N) is 8. The van der Waals surface area contributed by atoms with Crippen molar-refractivity contribution < 1.29 is 136 Å². The smallest absolute Gasteiger partial charge is 0.257 e. The molecule has 4 fully saturated rings. The number of ether oxygens (including phenoxy) is 9. The highest BCUT2D eigenvalue weighted by Gasteiger charge is 2.50. The van der Waals surface area contributed by atoms with Gasteiger partial charge in [-0.05, 0) is 38.5 Å². The van der Waals surface area contributed by atoms with Crippen LogP contribution in [0.15, 0.2) is 0 Å². The van der Waals surface area contributed by atoms with Gasteiger partial charge in [0, 0.05) is 71.2 Å². The van der Waals surface area contributed by atoms with Crippen LogP contribution < -0.4 is 42.5 Å². The quantitative estimate of drug-likeness (QED) is 0.0153. The lowest BCUT2D eigenvalue weighted by molar-refractivity contribution is -0.272. The minimum atomic E-state index is -3.23. The highest BCUT2D eigenvalue weighted by molar-refractivity contribution is 8.46. The number of thiol groups is 1. The third-order valence-corrected chi connectivity index (χ3v) is 19.5. The molecule has 17 N–H and O–H groups in total. The van der Waals surface area contributed by atoms with E-state index in [2.05, 4.69) is 54.8 Å². The van der Waals surface area contributed by atoms with E-state index in [0.29, 0.717) is 25.7 Å². The van der Waals surface area contributed by atoms with Crippen LogP contribution in [0, 0.1) is 5.92 Å². The van der Waals surface area contributed by atoms with Gasteiger partial charge in [0.25, 0.3) is 6.57 Å². The zero-order chi connectivity index (χ0) is 70.4. The average molecular weight is 1410 g/mol. The van der Waals surface area contributed by atoms with Gasteiger partial charge in [-0.2, -0.15) is 0 Å². The molecule has 3 saturated heterocycles. The molecule has 0 bridgehead atoms. The summed E-state index contributed by atoms with van der Waals surface area (Å²) in [5.74, 6) is -5.47. The second-order valence-electron chi connectivity index (χ2n) is 23.7. The molecule has 38 heteroatoms. The number of hydrogen-bond acceptors (Lipinski definition) is 28. The van der Waals surface area contributed by atoms with Gasteiger partial charge in [0.1, 0.15) is 72.4 Å². The van der Waals surface area contributed by atoms with Crippen molar-refractivity contribution in [2.45, 2.75) is 202 Å². The fourth-order valence-electron chi connectivity index (χ4n) is 10.6. The standard InChI is InChI=1S/C57H101N8O28PS/c1-31(2)94(83,95)93-36-8-6-35(7-9-36)51(79)65-39(53(81)60-16-19-86-22-25-89-56-50(63-34(5)72)57(82,30-69)26-37(27-66)90-56)11-13-43(74)64-38(52(80)59-15-18-85-21-24-88-55-45(62-33(4)71)49(78)47(76)41(29-68)92-55)10-12-42(73)58-14-17-84-20-23-87-54-44(61-32(3)70)48(77)46(75)40(28-67)91-54/h31,35-41,44-50,54-56,66-69,75-78,82H,6-30H2,1-5H3,(H,58,73)(H,59,80)(H,60,81)(H,61,70)(H,62,71)(H,63,72)(H,64,74)(H,65,79)(H,83,95)/t35-,36+,37?,38?,39?,40?,41?,44?,45?,46?,47?,48?,49?,50?,54?,55?,56?,57?,94?. The van der Waals surface area contributed by atoms with Crippen molar-refractivity contribution in [3.8, 4) is 0 Å². The van der Waals surface area contributed by atoms with Gasteiger partial charge in [-0.3, -0.25) is 42.9 Å². The Bertz CT molecular complexity index is 2450. The van der Waals surface area contributed by atoms with E-state index in [1.807, 2.05) is 0 Å². The maximum absolute atomic E-state index is 13.9. The third-order valence-electron chi connectivity index (χ3n) is 15.9. The predicted molar refractivity (Wildman–Crippen MR) is 331 cm³/mol. The molecule has 8 amide bonds. The van der Waals surface area contributed by atoms with Crippen LogP contribution in [0.2, 0.25) is 0 Å². The number of carbonyl (C=O) groups is 8. The summed E-state index contributed by atoms with van der Waals surface area (Å²) in [5.41, 5.74) is -2.22. The van der Waals surface area contributed by atoms with Gasteiger partial charge in [-0.25, -0.2) is 0 Å². The van der Waals surface area contributed by atoms with Crippen LogP contribution in [0.3, 0.4) is 0 Å². The number of hydrogen-bond donors (Lipinski definition) is 18. The van der Waals surface area contributed by atoms with E-state index in [1.54, 1.807) is 13.8 Å². The lowest BCUT2D eigenvalue weighted by Crippen LogP contribution is -2.66. The first-order chi connectivity index (χ1) is 45.1. The third kappa shape index (κ3) is 28.0. The van der Waals surface area contributed by atoms with E-state index in [4.69, 9.17) is 47.2 Å². The van der Waals surface area contributed by atoms with Crippen molar-refractivity contribution in [1.29, 1.82) is 0 Å².